The van der Waals surface area contributed by atoms with Crippen molar-refractivity contribution in [1.29, 1.82) is 0 Å². The molecule has 1 N–H and O–H groups in total. The monoisotopic (exact) mass is 192 g/mol. The van der Waals surface area contributed by atoms with Gasteiger partial charge in [0.15, 0.2) is 0 Å². The fourth-order valence-corrected chi connectivity index (χ4v) is 1.36. The summed E-state index contributed by atoms with van der Waals surface area (Å²) in [5, 5.41) is 11.0. The number of alkyl halides is 1. The third kappa shape index (κ3) is 1.62. The lowest BCUT2D eigenvalue weighted by Gasteiger charge is -2.03. The van der Waals surface area contributed by atoms with Gasteiger partial charge in [-0.3, -0.25) is 0 Å². The number of halogens is 1. The summed E-state index contributed by atoms with van der Waals surface area (Å²) in [6.45, 7) is -0.843. The number of hydrogen-bond acceptors (Lipinski definition) is 2. The first-order valence-corrected chi connectivity index (χ1v) is 4.21. The van der Waals surface area contributed by atoms with Gasteiger partial charge < -0.3 is 9.84 Å². The maximum absolute atomic E-state index is 11.9. The second-order valence-corrected chi connectivity index (χ2v) is 2.95. The molecule has 0 saturated carbocycles. The first-order valence-electron chi connectivity index (χ1n) is 4.21. The summed E-state index contributed by atoms with van der Waals surface area (Å²) in [5.41, 5.74) is 0. The van der Waals surface area contributed by atoms with Crippen molar-refractivity contribution in [3.63, 3.8) is 0 Å². The van der Waals surface area contributed by atoms with Crippen molar-refractivity contribution < 1.29 is 14.2 Å². The molecule has 0 amide bonds. The van der Waals surface area contributed by atoms with Crippen molar-refractivity contribution in [3.05, 3.63) is 36.4 Å². The Morgan fingerprint density at radius 3 is 2.64 bits per heavy atom. The van der Waals surface area contributed by atoms with E-state index in [0.717, 1.165) is 10.8 Å². The molecule has 0 saturated heterocycles. The molecule has 0 fully saturated rings. The lowest BCUT2D eigenvalue weighted by atomic mass is 10.1. The van der Waals surface area contributed by atoms with Gasteiger partial charge in [-0.05, 0) is 35.0 Å². The van der Waals surface area contributed by atoms with Crippen molar-refractivity contribution in [1.82, 2.24) is 0 Å². The molecule has 0 radical (unpaired) electrons. The summed E-state index contributed by atoms with van der Waals surface area (Å²) in [4.78, 5) is 0. The molecule has 0 atom stereocenters. The van der Waals surface area contributed by atoms with Crippen LogP contribution in [-0.2, 0) is 0 Å². The SMILES string of the molecule is Oc1ccc2ccc(OCF)cc2c1. The molecule has 2 rings (SSSR count). The Balaban J connectivity index is 2.52. The minimum Gasteiger partial charge on any atom is -0.508 e. The van der Waals surface area contributed by atoms with Crippen LogP contribution in [0, 0.1) is 0 Å². The maximum Gasteiger partial charge on any atom is 0.228 e. The molecule has 72 valence electrons. The fraction of sp³-hybridized carbons (Fsp3) is 0.0909. The summed E-state index contributed by atoms with van der Waals surface area (Å²) >= 11 is 0. The van der Waals surface area contributed by atoms with Crippen LogP contribution in [0.5, 0.6) is 11.5 Å². The van der Waals surface area contributed by atoms with Gasteiger partial charge >= 0.3 is 0 Å². The van der Waals surface area contributed by atoms with Gasteiger partial charge in [0.2, 0.25) is 6.86 Å². The van der Waals surface area contributed by atoms with Crippen LogP contribution in [0.4, 0.5) is 4.39 Å². The van der Waals surface area contributed by atoms with Crippen molar-refractivity contribution in [2.24, 2.45) is 0 Å². The molecular formula is C11H9FO2. The topological polar surface area (TPSA) is 29.5 Å². The van der Waals surface area contributed by atoms with Crippen LogP contribution in [0.1, 0.15) is 0 Å². The minimum atomic E-state index is -0.843. The number of ether oxygens (including phenoxy) is 1. The van der Waals surface area contributed by atoms with E-state index in [1.165, 1.54) is 0 Å². The largest absolute Gasteiger partial charge is 0.508 e. The highest BCUT2D eigenvalue weighted by molar-refractivity contribution is 5.85. The van der Waals surface area contributed by atoms with Crippen LogP contribution in [0.15, 0.2) is 36.4 Å². The van der Waals surface area contributed by atoms with Crippen LogP contribution < -0.4 is 4.74 Å². The Kier molecular flexibility index (Phi) is 2.23. The molecular weight excluding hydrogens is 183 g/mol. The van der Waals surface area contributed by atoms with Gasteiger partial charge in [-0.2, -0.15) is 0 Å². The van der Waals surface area contributed by atoms with Crippen LogP contribution in [-0.4, -0.2) is 12.0 Å². The quantitative estimate of drug-likeness (QED) is 0.792. The van der Waals surface area contributed by atoms with Crippen molar-refractivity contribution >= 4 is 10.8 Å². The predicted molar refractivity (Wildman–Crippen MR) is 52.2 cm³/mol. The lowest BCUT2D eigenvalue weighted by Crippen LogP contribution is -1.89. The van der Waals surface area contributed by atoms with Gasteiger partial charge in [0.05, 0.1) is 0 Å². The van der Waals surface area contributed by atoms with E-state index in [1.807, 2.05) is 6.07 Å². The Morgan fingerprint density at radius 2 is 1.86 bits per heavy atom. The summed E-state index contributed by atoms with van der Waals surface area (Å²) < 4.78 is 16.6. The van der Waals surface area contributed by atoms with Gasteiger partial charge in [-0.1, -0.05) is 12.1 Å². The lowest BCUT2D eigenvalue weighted by molar-refractivity contribution is 0.192. The predicted octanol–water partition coefficient (Wildman–Crippen LogP) is 2.85. The van der Waals surface area contributed by atoms with E-state index < -0.39 is 6.86 Å². The summed E-state index contributed by atoms with van der Waals surface area (Å²) in [6, 6.07) is 10.2. The zero-order valence-corrected chi connectivity index (χ0v) is 7.40. The Labute approximate surface area is 80.6 Å². The maximum atomic E-state index is 11.9. The number of phenols is 1. The standard InChI is InChI=1S/C11H9FO2/c12-7-14-11-4-2-8-1-3-10(13)5-9(8)6-11/h1-6,13H,7H2. The van der Waals surface area contributed by atoms with Crippen LogP contribution in [0.3, 0.4) is 0 Å². The Morgan fingerprint density at radius 1 is 1.07 bits per heavy atom. The number of rotatable bonds is 2. The number of aromatic hydroxyl groups is 1. The molecule has 0 aromatic heterocycles. The highest BCUT2D eigenvalue weighted by atomic mass is 19.1. The normalized spacial score (nSPS) is 10.4. The molecule has 0 aliphatic heterocycles. The van der Waals surface area contributed by atoms with Gasteiger partial charge in [0, 0.05) is 0 Å². The van der Waals surface area contributed by atoms with Gasteiger partial charge in [0.1, 0.15) is 11.5 Å². The highest BCUT2D eigenvalue weighted by Crippen LogP contribution is 2.24. The number of hydrogen-bond donors (Lipinski definition) is 1. The Hall–Kier alpha value is -1.77. The van der Waals surface area contributed by atoms with E-state index in [-0.39, 0.29) is 5.75 Å². The molecule has 3 heteroatoms. The first kappa shape index (κ1) is 8.81. The average Bonchev–Trinajstić information content (AvgIpc) is 2.17. The zero-order valence-electron chi connectivity index (χ0n) is 7.40. The Bertz CT molecular complexity index is 454. The molecule has 0 bridgehead atoms. The van der Waals surface area contributed by atoms with E-state index >= 15 is 0 Å². The van der Waals surface area contributed by atoms with Gasteiger partial charge in [-0.15, -0.1) is 0 Å². The fourth-order valence-electron chi connectivity index (χ4n) is 1.36. The molecule has 0 aliphatic carbocycles. The first-order chi connectivity index (χ1) is 6.79. The number of benzene rings is 2. The third-order valence-corrected chi connectivity index (χ3v) is 2.02. The average molecular weight is 192 g/mol. The summed E-state index contributed by atoms with van der Waals surface area (Å²) in [7, 11) is 0. The van der Waals surface area contributed by atoms with E-state index in [2.05, 4.69) is 0 Å². The molecule has 0 aliphatic rings. The van der Waals surface area contributed by atoms with E-state index in [1.54, 1.807) is 30.3 Å². The smallest absolute Gasteiger partial charge is 0.228 e. The van der Waals surface area contributed by atoms with E-state index in [4.69, 9.17) is 4.74 Å². The number of fused-ring (bicyclic) bond motifs is 1. The van der Waals surface area contributed by atoms with Crippen molar-refractivity contribution in [3.8, 4) is 11.5 Å². The molecule has 0 spiro atoms. The van der Waals surface area contributed by atoms with Crippen LogP contribution >= 0.6 is 0 Å². The van der Waals surface area contributed by atoms with Crippen molar-refractivity contribution in [2.45, 2.75) is 0 Å². The van der Waals surface area contributed by atoms with Gasteiger partial charge in [-0.25, -0.2) is 4.39 Å². The summed E-state index contributed by atoms with van der Waals surface area (Å²) in [6.07, 6.45) is 0. The molecule has 2 nitrogen and oxygen atoms in total. The molecule has 14 heavy (non-hydrogen) atoms. The molecule has 0 heterocycles. The number of phenolic OH excluding ortho intramolecular Hbond substituents is 1. The molecule has 0 unspecified atom stereocenters. The second kappa shape index (κ2) is 3.54. The zero-order chi connectivity index (χ0) is 9.97. The minimum absolute atomic E-state index is 0.190. The van der Waals surface area contributed by atoms with Crippen LogP contribution in [0.25, 0.3) is 10.8 Å². The van der Waals surface area contributed by atoms with Gasteiger partial charge in [0.25, 0.3) is 0 Å². The summed E-state index contributed by atoms with van der Waals surface area (Å²) in [5.74, 6) is 0.653. The van der Waals surface area contributed by atoms with E-state index in [9.17, 15) is 9.50 Å². The third-order valence-electron chi connectivity index (χ3n) is 2.02. The molecule has 2 aromatic rings. The van der Waals surface area contributed by atoms with Crippen molar-refractivity contribution in [2.75, 3.05) is 6.86 Å². The second-order valence-electron chi connectivity index (χ2n) is 2.95. The highest BCUT2D eigenvalue weighted by Gasteiger charge is 1.98. The van der Waals surface area contributed by atoms with E-state index in [0.29, 0.717) is 5.75 Å². The van der Waals surface area contributed by atoms with Crippen LogP contribution in [0.2, 0.25) is 0 Å². The molecule has 2 aromatic carbocycles.